The molecule has 0 radical (unpaired) electrons. The molecular formula is C12H22MnO2. The van der Waals surface area contributed by atoms with E-state index in [0.29, 0.717) is 0 Å². The molecular weight excluding hydrogens is 231 g/mol. The van der Waals surface area contributed by atoms with E-state index in [-0.39, 0.29) is 23.2 Å². The van der Waals surface area contributed by atoms with Crippen LogP contribution in [0.2, 0.25) is 0 Å². The van der Waals surface area contributed by atoms with Gasteiger partial charge in [0.15, 0.2) is 0 Å². The Morgan fingerprint density at radius 3 is 2.00 bits per heavy atom. The summed E-state index contributed by atoms with van der Waals surface area (Å²) in [6.07, 6.45) is 0.880. The first-order valence-corrected chi connectivity index (χ1v) is 6.03. The van der Waals surface area contributed by atoms with Crippen molar-refractivity contribution in [3.8, 4) is 0 Å². The van der Waals surface area contributed by atoms with Crippen LogP contribution in [0.15, 0.2) is 0 Å². The topological polar surface area (TPSA) is 18.5 Å². The Kier molecular flexibility index (Phi) is 3.82. The van der Waals surface area contributed by atoms with Gasteiger partial charge < -0.3 is 0 Å². The van der Waals surface area contributed by atoms with Crippen LogP contribution in [0.4, 0.5) is 0 Å². The van der Waals surface area contributed by atoms with Gasteiger partial charge in [0.05, 0.1) is 0 Å². The van der Waals surface area contributed by atoms with Gasteiger partial charge in [-0.15, -0.1) is 0 Å². The molecule has 2 atom stereocenters. The predicted molar refractivity (Wildman–Crippen MR) is 58.3 cm³/mol. The summed E-state index contributed by atoms with van der Waals surface area (Å²) in [5, 5.41) is 0. The van der Waals surface area contributed by atoms with Crippen LogP contribution >= 0.6 is 0 Å². The van der Waals surface area contributed by atoms with Crippen molar-refractivity contribution in [3.05, 3.63) is 0 Å². The summed E-state index contributed by atoms with van der Waals surface area (Å²) in [4.78, 5) is 0. The Hall–Kier alpha value is 0.309. The molecule has 2 nitrogen and oxygen atoms in total. The van der Waals surface area contributed by atoms with Gasteiger partial charge in [0.25, 0.3) is 0 Å². The van der Waals surface area contributed by atoms with Gasteiger partial charge in [-0.3, -0.25) is 0 Å². The van der Waals surface area contributed by atoms with E-state index in [0.717, 1.165) is 11.0 Å². The van der Waals surface area contributed by atoms with Crippen LogP contribution < -0.4 is 0 Å². The van der Waals surface area contributed by atoms with Crippen LogP contribution in [-0.2, 0) is 25.0 Å². The van der Waals surface area contributed by atoms with Gasteiger partial charge in [-0.05, 0) is 0 Å². The van der Waals surface area contributed by atoms with Crippen LogP contribution in [0, 0.1) is 10.8 Å². The van der Waals surface area contributed by atoms with Gasteiger partial charge in [0.2, 0.25) is 0 Å². The predicted octanol–water partition coefficient (Wildman–Crippen LogP) is 2.89. The Morgan fingerprint density at radius 1 is 1.07 bits per heavy atom. The molecule has 1 fully saturated rings. The van der Waals surface area contributed by atoms with E-state index in [1.807, 2.05) is 0 Å². The summed E-state index contributed by atoms with van der Waals surface area (Å²) >= 11 is 3.47. The zero-order chi connectivity index (χ0) is 11.9. The van der Waals surface area contributed by atoms with Crippen molar-refractivity contribution in [3.63, 3.8) is 0 Å². The average molecular weight is 253 g/mol. The van der Waals surface area contributed by atoms with Gasteiger partial charge in [-0.1, -0.05) is 0 Å². The first kappa shape index (κ1) is 13.4. The van der Waals surface area contributed by atoms with Crippen molar-refractivity contribution in [2.75, 3.05) is 0 Å². The van der Waals surface area contributed by atoms with Gasteiger partial charge in [-0.2, -0.15) is 0 Å². The second-order valence-electron chi connectivity index (χ2n) is 6.37. The molecule has 15 heavy (non-hydrogen) atoms. The fraction of sp³-hybridized carbons (Fsp3) is 0.917. The third-order valence-corrected chi connectivity index (χ3v) is 2.92. The summed E-state index contributed by atoms with van der Waals surface area (Å²) in [6, 6.07) is 0. The SMILES string of the molecule is CC(C)(C)C1C[C](=[Mn])OC(C(C)(C)C)O1. The molecule has 1 aliphatic rings. The fourth-order valence-electron chi connectivity index (χ4n) is 1.43. The molecule has 1 aliphatic heterocycles. The van der Waals surface area contributed by atoms with Crippen molar-refractivity contribution < 1.29 is 25.0 Å². The molecule has 3 heteroatoms. The summed E-state index contributed by atoms with van der Waals surface area (Å²) in [7, 11) is 0. The van der Waals surface area contributed by atoms with Crippen LogP contribution in [0.1, 0.15) is 48.0 Å². The minimum absolute atomic E-state index is 0.00292. The van der Waals surface area contributed by atoms with Crippen LogP contribution in [0.5, 0.6) is 0 Å². The van der Waals surface area contributed by atoms with E-state index in [4.69, 9.17) is 9.47 Å². The van der Waals surface area contributed by atoms with Gasteiger partial charge >= 0.3 is 101 Å². The Morgan fingerprint density at radius 2 is 1.60 bits per heavy atom. The van der Waals surface area contributed by atoms with Gasteiger partial charge in [0, 0.05) is 0 Å². The first-order chi connectivity index (χ1) is 6.60. The van der Waals surface area contributed by atoms with Crippen molar-refractivity contribution >= 4 is 4.60 Å². The number of hydrogen-bond donors (Lipinski definition) is 0. The molecule has 0 aromatic rings. The Bertz CT molecular complexity index is 223. The third kappa shape index (κ3) is 3.67. The maximum atomic E-state index is 6.01. The van der Waals surface area contributed by atoms with Crippen LogP contribution in [-0.4, -0.2) is 17.0 Å². The number of rotatable bonds is 0. The van der Waals surface area contributed by atoms with E-state index in [2.05, 4.69) is 57.1 Å². The maximum absolute atomic E-state index is 6.01. The van der Waals surface area contributed by atoms with Crippen molar-refractivity contribution in [2.45, 2.75) is 60.4 Å². The molecule has 0 aromatic carbocycles. The Labute approximate surface area is 101 Å². The molecule has 0 aliphatic carbocycles. The second-order valence-corrected chi connectivity index (χ2v) is 7.02. The van der Waals surface area contributed by atoms with Gasteiger partial charge in [0.1, 0.15) is 0 Å². The van der Waals surface area contributed by atoms with E-state index in [1.54, 1.807) is 0 Å². The standard InChI is InChI=1S/C12H22O2.Mn/c1-11(2,3)9-7-8-13-10(14-9)12(4,5)6;/h9-10H,7H2,1-6H3;. The second kappa shape index (κ2) is 4.29. The monoisotopic (exact) mass is 253 g/mol. The molecule has 1 heterocycles. The summed E-state index contributed by atoms with van der Waals surface area (Å²) in [5.41, 5.74) is 0.148. The van der Waals surface area contributed by atoms with E-state index >= 15 is 0 Å². The summed E-state index contributed by atoms with van der Waals surface area (Å²) in [5.74, 6) is 0. The molecule has 0 N–H and O–H groups in total. The molecule has 1 rings (SSSR count). The fourth-order valence-corrected chi connectivity index (χ4v) is 1.77. The van der Waals surface area contributed by atoms with E-state index < -0.39 is 0 Å². The zero-order valence-electron chi connectivity index (χ0n) is 10.6. The van der Waals surface area contributed by atoms with Gasteiger partial charge in [-0.25, -0.2) is 0 Å². The first-order valence-electron chi connectivity index (χ1n) is 5.44. The quantitative estimate of drug-likeness (QED) is 0.618. The van der Waals surface area contributed by atoms with Crippen molar-refractivity contribution in [2.24, 2.45) is 10.8 Å². The summed E-state index contributed by atoms with van der Waals surface area (Å²) in [6.45, 7) is 13.0. The molecule has 0 spiro atoms. The molecule has 0 aromatic heterocycles. The molecule has 0 amide bonds. The van der Waals surface area contributed by atoms with E-state index in [1.165, 1.54) is 0 Å². The third-order valence-electron chi connectivity index (χ3n) is 2.54. The normalized spacial score (nSPS) is 29.3. The minimum atomic E-state index is -0.162. The Balaban J connectivity index is 2.77. The van der Waals surface area contributed by atoms with Crippen LogP contribution in [0.3, 0.4) is 0 Å². The molecule has 2 unspecified atom stereocenters. The molecule has 1 saturated heterocycles. The van der Waals surface area contributed by atoms with Crippen LogP contribution in [0.25, 0.3) is 0 Å². The number of ether oxygens (including phenoxy) is 2. The van der Waals surface area contributed by atoms with Crippen molar-refractivity contribution in [1.82, 2.24) is 0 Å². The molecule has 0 saturated carbocycles. The number of hydrogen-bond acceptors (Lipinski definition) is 2. The van der Waals surface area contributed by atoms with Crippen molar-refractivity contribution in [1.29, 1.82) is 0 Å². The molecule has 89 valence electrons. The zero-order valence-corrected chi connectivity index (χ0v) is 11.7. The summed E-state index contributed by atoms with van der Waals surface area (Å²) < 4.78 is 12.6. The van der Waals surface area contributed by atoms with E-state index in [9.17, 15) is 0 Å². The average Bonchev–Trinajstić information content (AvgIpc) is 1.99. The molecule has 0 bridgehead atoms.